The molecule has 1 amide bonds. The van der Waals surface area contributed by atoms with Gasteiger partial charge in [-0.25, -0.2) is 0 Å². The summed E-state index contributed by atoms with van der Waals surface area (Å²) in [7, 11) is 0. The fourth-order valence-corrected chi connectivity index (χ4v) is 3.22. The number of hydrogen-bond acceptors (Lipinski definition) is 2. The van der Waals surface area contributed by atoms with Gasteiger partial charge in [-0.3, -0.25) is 4.79 Å². The molecule has 1 aliphatic carbocycles. The number of nitrogens with zero attached hydrogens (tertiary/aromatic N) is 1. The Bertz CT molecular complexity index is 464. The van der Waals surface area contributed by atoms with Crippen LogP contribution in [0.25, 0.3) is 0 Å². The van der Waals surface area contributed by atoms with Crippen molar-refractivity contribution in [1.82, 2.24) is 4.90 Å². The predicted molar refractivity (Wildman–Crippen MR) is 89.4 cm³/mol. The van der Waals surface area contributed by atoms with Gasteiger partial charge < -0.3 is 10.6 Å². The maximum Gasteiger partial charge on any atom is 0.226 e. The summed E-state index contributed by atoms with van der Waals surface area (Å²) in [5.41, 5.74) is 8.30. The number of halogens is 1. The molecule has 0 unspecified atom stereocenters. The monoisotopic (exact) mass is 310 g/mol. The summed E-state index contributed by atoms with van der Waals surface area (Å²) in [6.45, 7) is 6.28. The first-order chi connectivity index (χ1) is 9.67. The van der Waals surface area contributed by atoms with Gasteiger partial charge in [0.25, 0.3) is 0 Å². The van der Waals surface area contributed by atoms with Crippen LogP contribution in [-0.4, -0.2) is 23.9 Å². The fourth-order valence-electron chi connectivity index (χ4n) is 3.22. The standard InChI is InChI=1S/C17H26N2O.ClH/c1-3-19(12-15-8-5-4-7-13(15)2)17(20)16-10-6-9-14(16)11-18;/h4-5,7-8,14,16H,3,6,9-12,18H2,1-2H3;1H/t14-,16-;/m1./s1. The van der Waals surface area contributed by atoms with Crippen LogP contribution in [0.15, 0.2) is 24.3 Å². The molecule has 1 aliphatic rings. The molecule has 0 spiro atoms. The number of carbonyl (C=O) groups is 1. The van der Waals surface area contributed by atoms with Gasteiger partial charge in [0.15, 0.2) is 0 Å². The molecule has 0 heterocycles. The van der Waals surface area contributed by atoms with Crippen LogP contribution in [0, 0.1) is 18.8 Å². The van der Waals surface area contributed by atoms with Crippen molar-refractivity contribution in [3.63, 3.8) is 0 Å². The summed E-state index contributed by atoms with van der Waals surface area (Å²) >= 11 is 0. The summed E-state index contributed by atoms with van der Waals surface area (Å²) in [5.74, 6) is 0.820. The van der Waals surface area contributed by atoms with Crippen LogP contribution in [0.2, 0.25) is 0 Å². The molecule has 1 saturated carbocycles. The van der Waals surface area contributed by atoms with Crippen LogP contribution in [0.4, 0.5) is 0 Å². The van der Waals surface area contributed by atoms with Gasteiger partial charge in [-0.15, -0.1) is 12.4 Å². The molecular weight excluding hydrogens is 284 g/mol. The third-order valence-electron chi connectivity index (χ3n) is 4.59. The average molecular weight is 311 g/mol. The van der Waals surface area contributed by atoms with Crippen molar-refractivity contribution < 1.29 is 4.79 Å². The molecule has 0 aliphatic heterocycles. The van der Waals surface area contributed by atoms with Gasteiger partial charge >= 0.3 is 0 Å². The Labute approximate surface area is 134 Å². The maximum absolute atomic E-state index is 12.7. The highest BCUT2D eigenvalue weighted by Gasteiger charge is 2.34. The zero-order chi connectivity index (χ0) is 14.5. The minimum Gasteiger partial charge on any atom is -0.338 e. The molecule has 0 aromatic heterocycles. The summed E-state index contributed by atoms with van der Waals surface area (Å²) in [4.78, 5) is 14.7. The lowest BCUT2D eigenvalue weighted by Crippen LogP contribution is -2.38. The van der Waals surface area contributed by atoms with Crippen molar-refractivity contribution in [3.05, 3.63) is 35.4 Å². The molecule has 4 heteroatoms. The number of rotatable bonds is 5. The number of hydrogen-bond donors (Lipinski definition) is 1. The maximum atomic E-state index is 12.7. The van der Waals surface area contributed by atoms with E-state index in [9.17, 15) is 4.79 Å². The van der Waals surface area contributed by atoms with Crippen LogP contribution in [0.5, 0.6) is 0 Å². The molecule has 118 valence electrons. The second-order valence-electron chi connectivity index (χ2n) is 5.81. The summed E-state index contributed by atoms with van der Waals surface area (Å²) in [6, 6.07) is 8.30. The zero-order valence-electron chi connectivity index (χ0n) is 13.0. The van der Waals surface area contributed by atoms with E-state index in [1.165, 1.54) is 11.1 Å². The second-order valence-corrected chi connectivity index (χ2v) is 5.81. The summed E-state index contributed by atoms with van der Waals surface area (Å²) in [6.07, 6.45) is 3.25. The number of aryl methyl sites for hydroxylation is 1. The topological polar surface area (TPSA) is 46.3 Å². The van der Waals surface area contributed by atoms with E-state index >= 15 is 0 Å². The molecule has 1 aromatic rings. The van der Waals surface area contributed by atoms with Gasteiger partial charge in [0.2, 0.25) is 5.91 Å². The van der Waals surface area contributed by atoms with Gasteiger partial charge in [0, 0.05) is 19.0 Å². The quantitative estimate of drug-likeness (QED) is 0.908. The van der Waals surface area contributed by atoms with Crippen molar-refractivity contribution >= 4 is 18.3 Å². The van der Waals surface area contributed by atoms with E-state index in [4.69, 9.17) is 5.73 Å². The van der Waals surface area contributed by atoms with Gasteiger partial charge in [0.05, 0.1) is 0 Å². The highest BCUT2D eigenvalue weighted by Crippen LogP contribution is 2.32. The zero-order valence-corrected chi connectivity index (χ0v) is 13.9. The minimum absolute atomic E-state index is 0. The second kappa shape index (κ2) is 8.40. The SMILES string of the molecule is CCN(Cc1ccccc1C)C(=O)[C@@H]1CCC[C@@H]1CN.Cl. The van der Waals surface area contributed by atoms with Crippen LogP contribution >= 0.6 is 12.4 Å². The Hall–Kier alpha value is -1.06. The van der Waals surface area contributed by atoms with Crippen LogP contribution in [0.1, 0.15) is 37.3 Å². The molecule has 2 atom stereocenters. The highest BCUT2D eigenvalue weighted by atomic mass is 35.5. The molecule has 0 saturated heterocycles. The van der Waals surface area contributed by atoms with Gasteiger partial charge in [0.1, 0.15) is 0 Å². The number of nitrogens with two attached hydrogens (primary N) is 1. The molecular formula is C17H27ClN2O. The number of carbonyl (C=O) groups excluding carboxylic acids is 1. The number of benzene rings is 1. The predicted octanol–water partition coefficient (Wildman–Crippen LogP) is 3.14. The van der Waals surface area contributed by atoms with Crippen molar-refractivity contribution in [1.29, 1.82) is 0 Å². The first kappa shape index (κ1) is 18.0. The van der Waals surface area contributed by atoms with Crippen LogP contribution in [-0.2, 0) is 11.3 Å². The van der Waals surface area contributed by atoms with Gasteiger partial charge in [-0.2, -0.15) is 0 Å². The molecule has 1 aromatic carbocycles. The largest absolute Gasteiger partial charge is 0.338 e. The highest BCUT2D eigenvalue weighted by molar-refractivity contribution is 5.85. The van der Waals surface area contributed by atoms with E-state index in [2.05, 4.69) is 26.0 Å². The molecule has 0 radical (unpaired) electrons. The van der Waals surface area contributed by atoms with Gasteiger partial charge in [-0.1, -0.05) is 30.7 Å². The lowest BCUT2D eigenvalue weighted by Gasteiger charge is -2.27. The van der Waals surface area contributed by atoms with E-state index in [1.54, 1.807) is 0 Å². The Balaban J connectivity index is 0.00000220. The third-order valence-corrected chi connectivity index (χ3v) is 4.59. The molecule has 21 heavy (non-hydrogen) atoms. The van der Waals surface area contributed by atoms with E-state index in [1.807, 2.05) is 17.0 Å². The summed E-state index contributed by atoms with van der Waals surface area (Å²) in [5, 5.41) is 0. The van der Waals surface area contributed by atoms with Crippen LogP contribution in [0.3, 0.4) is 0 Å². The smallest absolute Gasteiger partial charge is 0.226 e. The molecule has 3 nitrogen and oxygen atoms in total. The lowest BCUT2D eigenvalue weighted by molar-refractivity contribution is -0.137. The van der Waals surface area contributed by atoms with E-state index in [-0.39, 0.29) is 18.3 Å². The Kier molecular flexibility index (Phi) is 7.20. The molecule has 2 rings (SSSR count). The molecule has 1 fully saturated rings. The first-order valence-electron chi connectivity index (χ1n) is 7.70. The normalized spacial score (nSPS) is 20.9. The molecule has 2 N–H and O–H groups in total. The Morgan fingerprint density at radius 2 is 2.05 bits per heavy atom. The fraction of sp³-hybridized carbons (Fsp3) is 0.588. The van der Waals surface area contributed by atoms with Gasteiger partial charge in [-0.05, 0) is 50.3 Å². The van der Waals surface area contributed by atoms with E-state index < -0.39 is 0 Å². The Morgan fingerprint density at radius 3 is 2.67 bits per heavy atom. The van der Waals surface area contributed by atoms with E-state index in [0.717, 1.165) is 32.4 Å². The minimum atomic E-state index is 0. The Morgan fingerprint density at radius 1 is 1.33 bits per heavy atom. The molecule has 0 bridgehead atoms. The lowest BCUT2D eigenvalue weighted by atomic mass is 9.94. The van der Waals surface area contributed by atoms with Crippen LogP contribution < -0.4 is 5.73 Å². The first-order valence-corrected chi connectivity index (χ1v) is 7.70. The van der Waals surface area contributed by atoms with Crippen molar-refractivity contribution in [3.8, 4) is 0 Å². The summed E-state index contributed by atoms with van der Waals surface area (Å²) < 4.78 is 0. The van der Waals surface area contributed by atoms with Crippen molar-refractivity contribution in [2.24, 2.45) is 17.6 Å². The third kappa shape index (κ3) is 4.21. The number of amides is 1. The van der Waals surface area contributed by atoms with Crippen molar-refractivity contribution in [2.45, 2.75) is 39.7 Å². The average Bonchev–Trinajstić information content (AvgIpc) is 2.94. The van der Waals surface area contributed by atoms with E-state index in [0.29, 0.717) is 18.4 Å². The van der Waals surface area contributed by atoms with Crippen molar-refractivity contribution in [2.75, 3.05) is 13.1 Å².